The lowest BCUT2D eigenvalue weighted by molar-refractivity contribution is 1.22. The molecule has 0 aromatic heterocycles. The Balaban J connectivity index is 3.60. The lowest BCUT2D eigenvalue weighted by Crippen LogP contribution is -2.16. The largest absolute Gasteiger partial charge is 0.758 e. The maximum Gasteiger partial charge on any atom is 0.0825 e. The Bertz CT molecular complexity index is 346. The Kier molecular flexibility index (Phi) is 2.18. The Morgan fingerprint density at radius 1 is 0.786 bits per heavy atom. The fraction of sp³-hybridized carbons (Fsp3) is 0.143. The summed E-state index contributed by atoms with van der Waals surface area (Å²) < 4.78 is 0. The van der Waals surface area contributed by atoms with Crippen molar-refractivity contribution in [2.45, 2.75) is 0 Å². The maximum absolute atomic E-state index is 11.1. The Morgan fingerprint density at radius 3 is 1.36 bits per heavy atom. The van der Waals surface area contributed by atoms with E-state index in [0.29, 0.717) is 5.06 Å². The summed E-state index contributed by atoms with van der Waals surface area (Å²) in [6.07, 6.45) is 0. The highest BCUT2D eigenvalue weighted by atomic mass is 16.5. The standard InChI is InChI=1S/C7H13N6O/c1-13(14)7-5(11)3(9)2(8)4(10)6(7)12/h8-12H2,1H3/q-1. The van der Waals surface area contributed by atoms with Crippen molar-refractivity contribution >= 4 is 34.1 Å². The lowest BCUT2D eigenvalue weighted by Gasteiger charge is -2.29. The van der Waals surface area contributed by atoms with Crippen LogP contribution in [0, 0.1) is 5.21 Å². The first kappa shape index (κ1) is 10.1. The summed E-state index contributed by atoms with van der Waals surface area (Å²) in [6.45, 7) is 0. The SMILES string of the molecule is CN([O-])c1c(N)c(N)c(N)c(N)c1N. The molecule has 0 heterocycles. The highest BCUT2D eigenvalue weighted by molar-refractivity contribution is 6.03. The molecule has 0 aliphatic rings. The number of hydrogen-bond acceptors (Lipinski definition) is 7. The quantitative estimate of drug-likeness (QED) is 0.301. The fourth-order valence-corrected chi connectivity index (χ4v) is 1.17. The van der Waals surface area contributed by atoms with Crippen LogP contribution in [0.2, 0.25) is 0 Å². The van der Waals surface area contributed by atoms with Gasteiger partial charge in [0.25, 0.3) is 0 Å². The van der Waals surface area contributed by atoms with Crippen molar-refractivity contribution < 1.29 is 0 Å². The maximum atomic E-state index is 11.1. The van der Waals surface area contributed by atoms with E-state index in [9.17, 15) is 5.21 Å². The number of nitrogens with zero attached hydrogens (tertiary/aromatic N) is 1. The second-order valence-corrected chi connectivity index (χ2v) is 2.91. The van der Waals surface area contributed by atoms with Crippen LogP contribution in [0.4, 0.5) is 34.1 Å². The normalized spacial score (nSPS) is 10.1. The molecule has 0 radical (unpaired) electrons. The van der Waals surface area contributed by atoms with Gasteiger partial charge in [-0.05, 0) is 7.05 Å². The van der Waals surface area contributed by atoms with Crippen molar-refractivity contribution in [1.29, 1.82) is 0 Å². The predicted octanol–water partition coefficient (Wildman–Crippen LogP) is -0.468. The molecule has 1 aromatic carbocycles. The molecular weight excluding hydrogens is 184 g/mol. The second-order valence-electron chi connectivity index (χ2n) is 2.91. The lowest BCUT2D eigenvalue weighted by atomic mass is 10.1. The summed E-state index contributed by atoms with van der Waals surface area (Å²) >= 11 is 0. The minimum absolute atomic E-state index is 0.0479. The van der Waals surface area contributed by atoms with Gasteiger partial charge in [-0.25, -0.2) is 0 Å². The molecule has 0 saturated carbocycles. The van der Waals surface area contributed by atoms with E-state index in [1.54, 1.807) is 0 Å². The van der Waals surface area contributed by atoms with Crippen LogP contribution in [-0.4, -0.2) is 7.05 Å². The minimum Gasteiger partial charge on any atom is -0.758 e. The van der Waals surface area contributed by atoms with Crippen molar-refractivity contribution in [3.8, 4) is 0 Å². The number of hydroxylamine groups is 1. The van der Waals surface area contributed by atoms with Crippen LogP contribution in [0.5, 0.6) is 0 Å². The van der Waals surface area contributed by atoms with Gasteiger partial charge in [0.05, 0.1) is 34.1 Å². The Morgan fingerprint density at radius 2 is 1.07 bits per heavy atom. The Labute approximate surface area is 81.0 Å². The van der Waals surface area contributed by atoms with E-state index in [2.05, 4.69) is 0 Å². The van der Waals surface area contributed by atoms with E-state index in [4.69, 9.17) is 28.7 Å². The summed E-state index contributed by atoms with van der Waals surface area (Å²) in [5.74, 6) is 0. The molecule has 0 bridgehead atoms. The van der Waals surface area contributed by atoms with Gasteiger partial charge in [0.1, 0.15) is 0 Å². The molecule has 0 aliphatic heterocycles. The molecule has 14 heavy (non-hydrogen) atoms. The Hall–Kier alpha value is -2.02. The summed E-state index contributed by atoms with van der Waals surface area (Å²) in [5.41, 5.74) is 28.1. The van der Waals surface area contributed by atoms with Gasteiger partial charge in [-0.3, -0.25) is 0 Å². The van der Waals surface area contributed by atoms with Crippen LogP contribution in [0.25, 0.3) is 0 Å². The van der Waals surface area contributed by atoms with Gasteiger partial charge in [-0.15, -0.1) is 0 Å². The van der Waals surface area contributed by atoms with Gasteiger partial charge in [0, 0.05) is 0 Å². The zero-order valence-corrected chi connectivity index (χ0v) is 7.74. The molecule has 7 nitrogen and oxygen atoms in total. The van der Waals surface area contributed by atoms with Crippen molar-refractivity contribution in [1.82, 2.24) is 0 Å². The summed E-state index contributed by atoms with van der Waals surface area (Å²) in [4.78, 5) is 0. The zero-order chi connectivity index (χ0) is 11.0. The molecule has 0 amide bonds. The van der Waals surface area contributed by atoms with Crippen LogP contribution in [0.3, 0.4) is 0 Å². The summed E-state index contributed by atoms with van der Waals surface area (Å²) in [7, 11) is 1.25. The second kappa shape index (κ2) is 3.04. The first-order valence-electron chi connectivity index (χ1n) is 3.80. The molecule has 1 aromatic rings. The molecule has 1 rings (SSSR count). The van der Waals surface area contributed by atoms with E-state index in [1.165, 1.54) is 7.05 Å². The van der Waals surface area contributed by atoms with Crippen LogP contribution in [0.15, 0.2) is 0 Å². The number of nitrogens with two attached hydrogens (primary N) is 5. The number of hydrogen-bond donors (Lipinski definition) is 5. The van der Waals surface area contributed by atoms with Gasteiger partial charge in [0.15, 0.2) is 0 Å². The third-order valence-electron chi connectivity index (χ3n) is 1.99. The average Bonchev–Trinajstić information content (AvgIpc) is 2.11. The molecule has 0 aliphatic carbocycles. The first-order valence-corrected chi connectivity index (χ1v) is 3.80. The number of anilines is 6. The van der Waals surface area contributed by atoms with Gasteiger partial charge >= 0.3 is 0 Å². The van der Waals surface area contributed by atoms with Crippen LogP contribution < -0.4 is 33.7 Å². The van der Waals surface area contributed by atoms with Crippen LogP contribution in [0.1, 0.15) is 0 Å². The summed E-state index contributed by atoms with van der Waals surface area (Å²) in [6, 6.07) is 0. The summed E-state index contributed by atoms with van der Waals surface area (Å²) in [5, 5.41) is 11.6. The molecule has 78 valence electrons. The number of benzene rings is 1. The molecule has 0 fully saturated rings. The van der Waals surface area contributed by atoms with Crippen molar-refractivity contribution in [2.24, 2.45) is 0 Å². The number of nitrogen functional groups attached to an aromatic ring is 5. The highest BCUT2D eigenvalue weighted by Crippen LogP contribution is 2.43. The molecule has 10 N–H and O–H groups in total. The molecular formula is C7H13N6O-. The number of rotatable bonds is 1. The molecule has 0 unspecified atom stereocenters. The van der Waals surface area contributed by atoms with Gasteiger partial charge in [-0.2, -0.15) is 0 Å². The van der Waals surface area contributed by atoms with Gasteiger partial charge in [0.2, 0.25) is 0 Å². The van der Waals surface area contributed by atoms with E-state index in [1.807, 2.05) is 0 Å². The van der Waals surface area contributed by atoms with Crippen LogP contribution in [-0.2, 0) is 0 Å². The smallest absolute Gasteiger partial charge is 0.0825 e. The molecule has 0 atom stereocenters. The zero-order valence-electron chi connectivity index (χ0n) is 7.74. The predicted molar refractivity (Wildman–Crippen MR) is 60.3 cm³/mol. The first-order chi connectivity index (χ1) is 6.37. The monoisotopic (exact) mass is 197 g/mol. The molecule has 0 saturated heterocycles. The van der Waals surface area contributed by atoms with Gasteiger partial charge < -0.3 is 38.9 Å². The fourth-order valence-electron chi connectivity index (χ4n) is 1.17. The van der Waals surface area contributed by atoms with Crippen molar-refractivity contribution in [3.63, 3.8) is 0 Å². The topological polar surface area (TPSA) is 156 Å². The average molecular weight is 197 g/mol. The minimum atomic E-state index is 0.0479. The van der Waals surface area contributed by atoms with Crippen LogP contribution >= 0.6 is 0 Å². The van der Waals surface area contributed by atoms with E-state index in [0.717, 1.165) is 0 Å². The van der Waals surface area contributed by atoms with Crippen molar-refractivity contribution in [2.75, 3.05) is 40.8 Å². The molecule has 0 spiro atoms. The molecule has 7 heteroatoms. The third kappa shape index (κ3) is 1.19. The van der Waals surface area contributed by atoms with E-state index in [-0.39, 0.29) is 34.1 Å². The van der Waals surface area contributed by atoms with Gasteiger partial charge in [-0.1, -0.05) is 0 Å². The van der Waals surface area contributed by atoms with E-state index < -0.39 is 0 Å². The highest BCUT2D eigenvalue weighted by Gasteiger charge is 2.15. The van der Waals surface area contributed by atoms with Crippen molar-refractivity contribution in [3.05, 3.63) is 5.21 Å². The van der Waals surface area contributed by atoms with E-state index >= 15 is 0 Å². The third-order valence-corrected chi connectivity index (χ3v) is 1.99.